The number of aliphatic hydroxyl groups excluding tert-OH is 1. The van der Waals surface area contributed by atoms with Gasteiger partial charge in [0.25, 0.3) is 0 Å². The van der Waals surface area contributed by atoms with Crippen molar-refractivity contribution in [3.05, 3.63) is 17.1 Å². The molecule has 0 saturated heterocycles. The fourth-order valence-electron chi connectivity index (χ4n) is 1.96. The van der Waals surface area contributed by atoms with Gasteiger partial charge in [-0.25, -0.2) is 9.97 Å². The van der Waals surface area contributed by atoms with Crippen molar-refractivity contribution in [2.45, 2.75) is 19.9 Å². The van der Waals surface area contributed by atoms with Crippen LogP contribution in [0.1, 0.15) is 17.1 Å². The lowest BCUT2D eigenvalue weighted by atomic mass is 10.1. The molecule has 0 aliphatic carbocycles. The minimum atomic E-state index is 0.182. The number of fused-ring (bicyclic) bond motifs is 1. The third kappa shape index (κ3) is 2.08. The second kappa shape index (κ2) is 4.12. The van der Waals surface area contributed by atoms with Crippen molar-refractivity contribution in [3.8, 4) is 0 Å². The Hall–Kier alpha value is -1.20. The van der Waals surface area contributed by atoms with E-state index >= 15 is 0 Å². The van der Waals surface area contributed by atoms with E-state index in [4.69, 9.17) is 10.8 Å². The largest absolute Gasteiger partial charge is 0.395 e. The Kier molecular flexibility index (Phi) is 2.83. The molecule has 0 spiro atoms. The zero-order valence-electron chi connectivity index (χ0n) is 8.90. The molecular weight excluding hydrogens is 192 g/mol. The molecule has 0 saturated carbocycles. The van der Waals surface area contributed by atoms with Crippen LogP contribution in [-0.2, 0) is 13.0 Å². The van der Waals surface area contributed by atoms with E-state index in [1.165, 1.54) is 0 Å². The van der Waals surface area contributed by atoms with Gasteiger partial charge in [0.05, 0.1) is 12.3 Å². The van der Waals surface area contributed by atoms with Crippen molar-refractivity contribution in [2.24, 2.45) is 0 Å². The standard InChI is InChI=1S/C10H16N4O/c1-7-12-9-2-3-14(4-5-15)6-8(9)10(11)13-7/h15H,2-6H2,1H3,(H2,11,12,13). The number of nitrogens with two attached hydrogens (primary N) is 1. The highest BCUT2D eigenvalue weighted by Crippen LogP contribution is 2.21. The molecule has 5 nitrogen and oxygen atoms in total. The van der Waals surface area contributed by atoms with E-state index in [1.54, 1.807) is 0 Å². The van der Waals surface area contributed by atoms with Crippen LogP contribution >= 0.6 is 0 Å². The lowest BCUT2D eigenvalue weighted by molar-refractivity contribution is 0.183. The van der Waals surface area contributed by atoms with Crippen LogP contribution in [0.5, 0.6) is 0 Å². The predicted molar refractivity (Wildman–Crippen MR) is 57.2 cm³/mol. The SMILES string of the molecule is Cc1nc(N)c2c(n1)CCN(CCO)C2. The summed E-state index contributed by atoms with van der Waals surface area (Å²) in [7, 11) is 0. The second-order valence-corrected chi connectivity index (χ2v) is 3.83. The van der Waals surface area contributed by atoms with Crippen molar-refractivity contribution in [3.63, 3.8) is 0 Å². The number of aliphatic hydroxyl groups is 1. The van der Waals surface area contributed by atoms with Crippen LogP contribution in [0.15, 0.2) is 0 Å². The van der Waals surface area contributed by atoms with Crippen LogP contribution in [0.3, 0.4) is 0 Å². The van der Waals surface area contributed by atoms with Crippen LogP contribution in [0.4, 0.5) is 5.82 Å². The van der Waals surface area contributed by atoms with Crippen LogP contribution in [0.2, 0.25) is 0 Å². The number of aryl methyl sites for hydroxylation is 1. The predicted octanol–water partition coefficient (Wildman–Crippen LogP) is -0.282. The molecule has 0 amide bonds. The van der Waals surface area contributed by atoms with E-state index < -0.39 is 0 Å². The van der Waals surface area contributed by atoms with Crippen molar-refractivity contribution >= 4 is 5.82 Å². The summed E-state index contributed by atoms with van der Waals surface area (Å²) in [6.07, 6.45) is 0.892. The molecule has 0 fully saturated rings. The molecule has 0 radical (unpaired) electrons. The zero-order valence-corrected chi connectivity index (χ0v) is 8.90. The Morgan fingerprint density at radius 3 is 3.00 bits per heavy atom. The quantitative estimate of drug-likeness (QED) is 0.699. The molecule has 0 unspecified atom stereocenters. The molecule has 2 rings (SSSR count). The van der Waals surface area contributed by atoms with Gasteiger partial charge in [0, 0.05) is 31.6 Å². The molecule has 1 aromatic rings. The van der Waals surface area contributed by atoms with Gasteiger partial charge in [-0.3, -0.25) is 4.90 Å². The molecule has 3 N–H and O–H groups in total. The minimum Gasteiger partial charge on any atom is -0.395 e. The first-order valence-corrected chi connectivity index (χ1v) is 5.16. The summed E-state index contributed by atoms with van der Waals surface area (Å²) < 4.78 is 0. The van der Waals surface area contributed by atoms with E-state index in [0.29, 0.717) is 12.4 Å². The van der Waals surface area contributed by atoms with Gasteiger partial charge in [0.2, 0.25) is 0 Å². The smallest absolute Gasteiger partial charge is 0.131 e. The summed E-state index contributed by atoms with van der Waals surface area (Å²) in [5.41, 5.74) is 7.95. The summed E-state index contributed by atoms with van der Waals surface area (Å²) in [6, 6.07) is 0. The maximum atomic E-state index is 8.88. The van der Waals surface area contributed by atoms with Gasteiger partial charge >= 0.3 is 0 Å². The molecule has 0 atom stereocenters. The number of rotatable bonds is 2. The van der Waals surface area contributed by atoms with Crippen molar-refractivity contribution in [1.29, 1.82) is 0 Å². The Morgan fingerprint density at radius 2 is 2.27 bits per heavy atom. The van der Waals surface area contributed by atoms with Gasteiger partial charge in [0.1, 0.15) is 11.6 Å². The Morgan fingerprint density at radius 1 is 1.47 bits per heavy atom. The fourth-order valence-corrected chi connectivity index (χ4v) is 1.96. The first-order valence-electron chi connectivity index (χ1n) is 5.16. The number of nitrogen functional groups attached to an aromatic ring is 1. The first-order chi connectivity index (χ1) is 7.20. The Balaban J connectivity index is 2.25. The Bertz CT molecular complexity index is 367. The number of aromatic nitrogens is 2. The number of nitrogens with zero attached hydrogens (tertiary/aromatic N) is 3. The summed E-state index contributed by atoms with van der Waals surface area (Å²) in [6.45, 7) is 4.41. The third-order valence-corrected chi connectivity index (χ3v) is 2.70. The van der Waals surface area contributed by atoms with Gasteiger partial charge in [-0.05, 0) is 6.92 Å². The summed E-state index contributed by atoms with van der Waals surface area (Å²) in [4.78, 5) is 10.7. The molecule has 5 heteroatoms. The molecule has 1 aromatic heterocycles. The molecule has 0 bridgehead atoms. The van der Waals surface area contributed by atoms with Crippen molar-refractivity contribution in [1.82, 2.24) is 14.9 Å². The highest BCUT2D eigenvalue weighted by Gasteiger charge is 2.19. The van der Waals surface area contributed by atoms with Crippen LogP contribution < -0.4 is 5.73 Å². The molecule has 1 aliphatic heterocycles. The van der Waals surface area contributed by atoms with Gasteiger partial charge in [-0.15, -0.1) is 0 Å². The van der Waals surface area contributed by atoms with Gasteiger partial charge in [-0.2, -0.15) is 0 Å². The van der Waals surface area contributed by atoms with E-state index in [1.807, 2.05) is 6.92 Å². The van der Waals surface area contributed by atoms with Crippen LogP contribution in [-0.4, -0.2) is 39.7 Å². The number of hydrogen-bond donors (Lipinski definition) is 2. The van der Waals surface area contributed by atoms with E-state index in [2.05, 4.69) is 14.9 Å². The van der Waals surface area contributed by atoms with Crippen molar-refractivity contribution < 1.29 is 5.11 Å². The molecule has 15 heavy (non-hydrogen) atoms. The highest BCUT2D eigenvalue weighted by atomic mass is 16.3. The van der Waals surface area contributed by atoms with Crippen LogP contribution in [0.25, 0.3) is 0 Å². The lowest BCUT2D eigenvalue weighted by Crippen LogP contribution is -2.34. The van der Waals surface area contributed by atoms with E-state index in [-0.39, 0.29) is 6.61 Å². The summed E-state index contributed by atoms with van der Waals surface area (Å²) in [5, 5.41) is 8.88. The molecular formula is C10H16N4O. The van der Waals surface area contributed by atoms with Crippen molar-refractivity contribution in [2.75, 3.05) is 25.4 Å². The maximum Gasteiger partial charge on any atom is 0.131 e. The number of hydrogen-bond acceptors (Lipinski definition) is 5. The van der Waals surface area contributed by atoms with Gasteiger partial charge < -0.3 is 10.8 Å². The highest BCUT2D eigenvalue weighted by molar-refractivity contribution is 5.43. The fraction of sp³-hybridized carbons (Fsp3) is 0.600. The topological polar surface area (TPSA) is 75.3 Å². The molecule has 0 aromatic carbocycles. The minimum absolute atomic E-state index is 0.182. The van der Waals surface area contributed by atoms with Gasteiger partial charge in [0.15, 0.2) is 0 Å². The second-order valence-electron chi connectivity index (χ2n) is 3.83. The van der Waals surface area contributed by atoms with E-state index in [9.17, 15) is 0 Å². The van der Waals surface area contributed by atoms with Crippen LogP contribution in [0, 0.1) is 6.92 Å². The summed E-state index contributed by atoms with van der Waals surface area (Å²) in [5.74, 6) is 1.32. The average Bonchev–Trinajstić information content (AvgIpc) is 2.19. The normalized spacial score (nSPS) is 16.4. The Labute approximate surface area is 88.9 Å². The lowest BCUT2D eigenvalue weighted by Gasteiger charge is -2.27. The third-order valence-electron chi connectivity index (χ3n) is 2.70. The average molecular weight is 208 g/mol. The maximum absolute atomic E-state index is 8.88. The monoisotopic (exact) mass is 208 g/mol. The zero-order chi connectivity index (χ0) is 10.8. The molecule has 1 aliphatic rings. The van der Waals surface area contributed by atoms with Gasteiger partial charge in [-0.1, -0.05) is 0 Å². The van der Waals surface area contributed by atoms with E-state index in [0.717, 1.165) is 36.6 Å². The first kappa shape index (κ1) is 10.3. The number of anilines is 1. The summed E-state index contributed by atoms with van der Waals surface area (Å²) >= 11 is 0. The molecule has 2 heterocycles. The molecule has 82 valence electrons. The number of β-amino-alcohol motifs (C(OH)–C–C–N with tert-alkyl or cyclic N) is 1.